The maximum Gasteiger partial charge on any atom is 0.352 e. The summed E-state index contributed by atoms with van der Waals surface area (Å²) in [5, 5.41) is 0.724. The van der Waals surface area contributed by atoms with Crippen molar-refractivity contribution in [2.45, 2.75) is 20.0 Å². The normalized spacial score (nSPS) is 12.1. The van der Waals surface area contributed by atoms with E-state index in [1.807, 2.05) is 12.1 Å². The van der Waals surface area contributed by atoms with Crippen molar-refractivity contribution >= 4 is 22.9 Å². The zero-order valence-corrected chi connectivity index (χ0v) is 10.7. The zero-order chi connectivity index (χ0) is 13.8. The van der Waals surface area contributed by atoms with Gasteiger partial charge in [-0.05, 0) is 13.0 Å². The number of benzene rings is 1. The van der Waals surface area contributed by atoms with E-state index in [9.17, 15) is 9.59 Å². The van der Waals surface area contributed by atoms with Gasteiger partial charge in [0.1, 0.15) is 5.58 Å². The predicted octanol–water partition coefficient (Wildman–Crippen LogP) is 2.60. The van der Waals surface area contributed by atoms with Gasteiger partial charge in [-0.15, -0.1) is 0 Å². The molecule has 100 valence electrons. The minimum atomic E-state index is -1.10. The molecule has 0 fully saturated rings. The summed E-state index contributed by atoms with van der Waals surface area (Å²) in [4.78, 5) is 23.0. The van der Waals surface area contributed by atoms with Crippen molar-refractivity contribution < 1.29 is 23.5 Å². The summed E-state index contributed by atoms with van der Waals surface area (Å²) < 4.78 is 15.3. The lowest BCUT2D eigenvalue weighted by molar-refractivity contribution is -0.166. The molecule has 0 aliphatic carbocycles. The maximum absolute atomic E-state index is 11.9. The molecule has 1 aromatic carbocycles. The molecule has 0 bridgehead atoms. The molecule has 0 aliphatic heterocycles. The van der Waals surface area contributed by atoms with E-state index in [4.69, 9.17) is 13.9 Å². The van der Waals surface area contributed by atoms with Crippen LogP contribution in [-0.4, -0.2) is 18.5 Å². The van der Waals surface area contributed by atoms with Crippen molar-refractivity contribution in [2.75, 3.05) is 6.61 Å². The van der Waals surface area contributed by atoms with Crippen LogP contribution in [0, 0.1) is 0 Å². The Bertz CT molecular complexity index is 599. The van der Waals surface area contributed by atoms with Crippen molar-refractivity contribution in [2.24, 2.45) is 0 Å². The van der Waals surface area contributed by atoms with Crippen molar-refractivity contribution in [3.05, 3.63) is 36.1 Å². The van der Waals surface area contributed by atoms with Crippen molar-refractivity contribution in [3.63, 3.8) is 0 Å². The van der Waals surface area contributed by atoms with Crippen molar-refractivity contribution in [3.8, 4) is 0 Å². The van der Waals surface area contributed by atoms with E-state index in [2.05, 4.69) is 0 Å². The lowest BCUT2D eigenvalue weighted by Gasteiger charge is -2.14. The molecular formula is C14H14O5. The average molecular weight is 262 g/mol. The fraction of sp³-hybridized carbons (Fsp3) is 0.286. The average Bonchev–Trinajstić information content (AvgIpc) is 2.79. The number of carbonyl (C=O) groups excluding carboxylic acids is 2. The Morgan fingerprint density at radius 1 is 1.32 bits per heavy atom. The van der Waals surface area contributed by atoms with Crippen LogP contribution in [-0.2, 0) is 19.1 Å². The number of esters is 2. The molecule has 1 atom stereocenters. The molecule has 2 rings (SSSR count). The summed E-state index contributed by atoms with van der Waals surface area (Å²) in [6, 6.07) is 7.21. The van der Waals surface area contributed by atoms with Crippen LogP contribution in [0.5, 0.6) is 0 Å². The fourth-order valence-corrected chi connectivity index (χ4v) is 1.82. The van der Waals surface area contributed by atoms with E-state index in [0.29, 0.717) is 11.1 Å². The standard InChI is InChI=1S/C14H14O5/c1-3-17-14(16)13(19-9(2)15)11-8-18-12-7-5-4-6-10(11)12/h4-8,13H,3H2,1-2H3/t13-/m1/s1. The van der Waals surface area contributed by atoms with Gasteiger partial charge in [-0.25, -0.2) is 4.79 Å². The SMILES string of the molecule is CCOC(=O)[C@H](OC(C)=O)c1coc2ccccc12. The number of carbonyl (C=O) groups is 2. The number of fused-ring (bicyclic) bond motifs is 1. The number of hydrogen-bond donors (Lipinski definition) is 0. The van der Waals surface area contributed by atoms with E-state index in [0.717, 1.165) is 5.39 Å². The lowest BCUT2D eigenvalue weighted by atomic mass is 10.1. The highest BCUT2D eigenvalue weighted by Crippen LogP contribution is 2.29. The van der Waals surface area contributed by atoms with E-state index in [-0.39, 0.29) is 6.61 Å². The number of hydrogen-bond acceptors (Lipinski definition) is 5. The van der Waals surface area contributed by atoms with Crippen LogP contribution in [0.25, 0.3) is 11.0 Å². The molecule has 0 aliphatic rings. The second kappa shape index (κ2) is 5.56. The Hall–Kier alpha value is -2.30. The Kier molecular flexibility index (Phi) is 3.85. The maximum atomic E-state index is 11.9. The molecule has 0 amide bonds. The van der Waals surface area contributed by atoms with Crippen LogP contribution in [0.2, 0.25) is 0 Å². The second-order valence-electron chi connectivity index (χ2n) is 3.93. The van der Waals surface area contributed by atoms with Gasteiger partial charge in [0.2, 0.25) is 6.10 Å². The van der Waals surface area contributed by atoms with Crippen LogP contribution in [0.1, 0.15) is 25.5 Å². The lowest BCUT2D eigenvalue weighted by Crippen LogP contribution is -2.20. The van der Waals surface area contributed by atoms with E-state index in [1.54, 1.807) is 19.1 Å². The topological polar surface area (TPSA) is 65.7 Å². The highest BCUT2D eigenvalue weighted by atomic mass is 16.6. The number of para-hydroxylation sites is 1. The zero-order valence-electron chi connectivity index (χ0n) is 10.7. The van der Waals surface area contributed by atoms with Gasteiger partial charge < -0.3 is 13.9 Å². The van der Waals surface area contributed by atoms with Crippen molar-refractivity contribution in [1.82, 2.24) is 0 Å². The summed E-state index contributed by atoms with van der Waals surface area (Å²) in [6.07, 6.45) is 0.316. The first kappa shape index (κ1) is 13.1. The first-order valence-corrected chi connectivity index (χ1v) is 5.93. The van der Waals surface area contributed by atoms with Gasteiger partial charge >= 0.3 is 11.9 Å². The smallest absolute Gasteiger partial charge is 0.352 e. The number of ether oxygens (including phenoxy) is 2. The van der Waals surface area contributed by atoms with Gasteiger partial charge in [0.25, 0.3) is 0 Å². The van der Waals surface area contributed by atoms with Crippen LogP contribution in [0.15, 0.2) is 34.9 Å². The minimum Gasteiger partial charge on any atom is -0.464 e. The molecule has 0 saturated carbocycles. The highest BCUT2D eigenvalue weighted by molar-refractivity contribution is 5.89. The Balaban J connectivity index is 2.42. The predicted molar refractivity (Wildman–Crippen MR) is 67.4 cm³/mol. The molecule has 1 aromatic heterocycles. The van der Waals surface area contributed by atoms with Crippen LogP contribution in [0.3, 0.4) is 0 Å². The molecule has 1 heterocycles. The van der Waals surface area contributed by atoms with Gasteiger partial charge in [-0.3, -0.25) is 4.79 Å². The monoisotopic (exact) mass is 262 g/mol. The quantitative estimate of drug-likeness (QED) is 0.792. The van der Waals surface area contributed by atoms with E-state index < -0.39 is 18.0 Å². The molecule has 0 N–H and O–H groups in total. The first-order chi connectivity index (χ1) is 9.13. The van der Waals surface area contributed by atoms with Crippen LogP contribution < -0.4 is 0 Å². The van der Waals surface area contributed by atoms with E-state index >= 15 is 0 Å². The summed E-state index contributed by atoms with van der Waals surface area (Å²) in [6.45, 7) is 3.15. The molecule has 19 heavy (non-hydrogen) atoms. The summed E-state index contributed by atoms with van der Waals surface area (Å²) in [7, 11) is 0. The third kappa shape index (κ3) is 2.76. The second-order valence-corrected chi connectivity index (χ2v) is 3.93. The fourth-order valence-electron chi connectivity index (χ4n) is 1.82. The molecule has 5 heteroatoms. The molecule has 2 aromatic rings. The Labute approximate surface area is 110 Å². The number of furan rings is 1. The number of rotatable bonds is 4. The van der Waals surface area contributed by atoms with Gasteiger partial charge in [0, 0.05) is 12.3 Å². The molecule has 5 nitrogen and oxygen atoms in total. The molecule has 0 unspecified atom stereocenters. The first-order valence-electron chi connectivity index (χ1n) is 5.93. The highest BCUT2D eigenvalue weighted by Gasteiger charge is 2.28. The minimum absolute atomic E-state index is 0.215. The summed E-state index contributed by atoms with van der Waals surface area (Å²) in [5.74, 6) is -1.16. The molecule has 0 saturated heterocycles. The molecule has 0 spiro atoms. The Morgan fingerprint density at radius 2 is 2.05 bits per heavy atom. The molecule has 0 radical (unpaired) electrons. The van der Waals surface area contributed by atoms with Crippen LogP contribution >= 0.6 is 0 Å². The van der Waals surface area contributed by atoms with Gasteiger partial charge in [0.15, 0.2) is 0 Å². The van der Waals surface area contributed by atoms with Crippen LogP contribution in [0.4, 0.5) is 0 Å². The summed E-state index contributed by atoms with van der Waals surface area (Å²) in [5.41, 5.74) is 1.11. The van der Waals surface area contributed by atoms with Gasteiger partial charge in [0.05, 0.1) is 18.4 Å². The molecular weight excluding hydrogens is 248 g/mol. The summed E-state index contributed by atoms with van der Waals surface area (Å²) >= 11 is 0. The van der Waals surface area contributed by atoms with Crippen molar-refractivity contribution in [1.29, 1.82) is 0 Å². The third-order valence-corrected chi connectivity index (χ3v) is 2.58. The Morgan fingerprint density at radius 3 is 2.74 bits per heavy atom. The largest absolute Gasteiger partial charge is 0.464 e. The van der Waals surface area contributed by atoms with E-state index in [1.165, 1.54) is 13.2 Å². The third-order valence-electron chi connectivity index (χ3n) is 2.58. The van der Waals surface area contributed by atoms with Gasteiger partial charge in [-0.1, -0.05) is 18.2 Å². The van der Waals surface area contributed by atoms with Gasteiger partial charge in [-0.2, -0.15) is 0 Å².